The van der Waals surface area contributed by atoms with Gasteiger partial charge in [-0.05, 0) is 160 Å². The molecule has 2 heterocycles. The molecule has 0 bridgehead atoms. The van der Waals surface area contributed by atoms with Gasteiger partial charge in [0, 0.05) is 43.3 Å². The predicted molar refractivity (Wildman–Crippen MR) is 340 cm³/mol. The Morgan fingerprint density at radius 2 is 0.722 bits per heavy atom. The van der Waals surface area contributed by atoms with Gasteiger partial charge in [-0.15, -0.1) is 11.3 Å². The Labute approximate surface area is 461 Å². The lowest BCUT2D eigenvalue weighted by molar-refractivity contribution is 1.19. The van der Waals surface area contributed by atoms with E-state index in [1.54, 1.807) is 0 Å². The summed E-state index contributed by atoms with van der Waals surface area (Å²) in [5, 5.41) is 15.1. The van der Waals surface area contributed by atoms with Crippen LogP contribution < -0.4 is 4.90 Å². The van der Waals surface area contributed by atoms with E-state index in [-0.39, 0.29) is 0 Å². The molecule has 368 valence electrons. The van der Waals surface area contributed by atoms with Crippen LogP contribution in [0.5, 0.6) is 0 Å². The topological polar surface area (TPSA) is 8.17 Å². The second-order valence-electron chi connectivity index (χ2n) is 20.8. The Hall–Kier alpha value is -10.1. The fraction of sp³-hybridized carbons (Fsp3) is 0. The Morgan fingerprint density at radius 1 is 0.266 bits per heavy atom. The number of rotatable bonds is 8. The van der Waals surface area contributed by atoms with Crippen LogP contribution in [0.3, 0.4) is 0 Å². The van der Waals surface area contributed by atoms with Gasteiger partial charge in [0.1, 0.15) is 0 Å². The molecule has 0 unspecified atom stereocenters. The molecular weight excluding hydrogens is 973 g/mol. The molecule has 16 aromatic rings. The van der Waals surface area contributed by atoms with E-state index in [1.807, 2.05) is 11.3 Å². The maximum atomic E-state index is 2.48. The van der Waals surface area contributed by atoms with E-state index in [4.69, 9.17) is 0 Å². The number of aromatic nitrogens is 1. The molecule has 2 nitrogen and oxygen atoms in total. The van der Waals surface area contributed by atoms with Crippen molar-refractivity contribution in [3.63, 3.8) is 0 Å². The van der Waals surface area contributed by atoms with Gasteiger partial charge >= 0.3 is 0 Å². The zero-order valence-corrected chi connectivity index (χ0v) is 43.8. The van der Waals surface area contributed by atoms with Gasteiger partial charge in [-0.25, -0.2) is 0 Å². The molecule has 0 fully saturated rings. The summed E-state index contributed by atoms with van der Waals surface area (Å²) >= 11 is 1.86. The summed E-state index contributed by atoms with van der Waals surface area (Å²) in [6.07, 6.45) is 0. The first-order valence-corrected chi connectivity index (χ1v) is 28.0. The summed E-state index contributed by atoms with van der Waals surface area (Å²) in [4.78, 5) is 2.43. The van der Waals surface area contributed by atoms with E-state index in [1.165, 1.54) is 130 Å². The molecule has 0 aliphatic heterocycles. The van der Waals surface area contributed by atoms with Gasteiger partial charge in [-0.3, -0.25) is 0 Å². The van der Waals surface area contributed by atoms with Crippen LogP contribution >= 0.6 is 11.3 Å². The molecule has 0 radical (unpaired) electrons. The number of hydrogen-bond acceptors (Lipinski definition) is 2. The van der Waals surface area contributed by atoms with Gasteiger partial charge in [0.05, 0.1) is 21.4 Å². The number of anilines is 3. The van der Waals surface area contributed by atoms with E-state index >= 15 is 0 Å². The van der Waals surface area contributed by atoms with Crippen molar-refractivity contribution in [1.29, 1.82) is 0 Å². The van der Waals surface area contributed by atoms with E-state index in [2.05, 4.69) is 301 Å². The van der Waals surface area contributed by atoms with Crippen molar-refractivity contribution in [3.05, 3.63) is 291 Å². The van der Waals surface area contributed by atoms with Crippen LogP contribution in [-0.4, -0.2) is 4.57 Å². The van der Waals surface area contributed by atoms with Crippen LogP contribution in [0.15, 0.2) is 291 Å². The van der Waals surface area contributed by atoms with Crippen molar-refractivity contribution in [2.24, 2.45) is 0 Å². The minimum Gasteiger partial charge on any atom is -0.309 e. The monoisotopic (exact) mass is 1020 g/mol. The average molecular weight is 1020 g/mol. The molecule has 79 heavy (non-hydrogen) atoms. The molecule has 0 atom stereocenters. The van der Waals surface area contributed by atoms with Crippen LogP contribution in [0.4, 0.5) is 17.1 Å². The molecule has 14 aromatic carbocycles. The molecule has 0 N–H and O–H groups in total. The zero-order valence-electron chi connectivity index (χ0n) is 43.0. The summed E-state index contributed by atoms with van der Waals surface area (Å²) in [7, 11) is 0. The summed E-state index contributed by atoms with van der Waals surface area (Å²) in [5.41, 5.74) is 16.4. The highest BCUT2D eigenvalue weighted by Gasteiger charge is 2.21. The van der Waals surface area contributed by atoms with Crippen LogP contribution in [-0.2, 0) is 0 Å². The minimum absolute atomic E-state index is 1.10. The predicted octanol–water partition coefficient (Wildman–Crippen LogP) is 21.9. The van der Waals surface area contributed by atoms with Gasteiger partial charge in [0.2, 0.25) is 0 Å². The molecule has 0 aliphatic carbocycles. The van der Waals surface area contributed by atoms with Crippen molar-refractivity contribution in [2.45, 2.75) is 0 Å². The average Bonchev–Trinajstić information content (AvgIpc) is 4.18. The highest BCUT2D eigenvalue weighted by Crippen LogP contribution is 2.46. The summed E-state index contributed by atoms with van der Waals surface area (Å²) < 4.78 is 5.04. The van der Waals surface area contributed by atoms with Crippen LogP contribution in [0.25, 0.3) is 135 Å². The maximum Gasteiger partial charge on any atom is 0.0640 e. The SMILES string of the molecule is c1ccc(-c2ccc(N(c3ccc(-c4ccc5c(c4)c4cc(-c6ccc(-c7cccc8ccccc78)cc6)ccc4n5-c4ccc5c6ccccc6c6ccccc6c5c4)cc3)c3cccc4c3sc3ccccc34)cc2)cc1. The Morgan fingerprint density at radius 3 is 1.37 bits per heavy atom. The van der Waals surface area contributed by atoms with Crippen molar-refractivity contribution >= 4 is 113 Å². The van der Waals surface area contributed by atoms with Gasteiger partial charge in [-0.2, -0.15) is 0 Å². The van der Waals surface area contributed by atoms with E-state index in [9.17, 15) is 0 Å². The lowest BCUT2D eigenvalue weighted by atomic mass is 9.94. The molecular formula is C76H48N2S. The lowest BCUT2D eigenvalue weighted by Crippen LogP contribution is -2.10. The zero-order chi connectivity index (χ0) is 52.0. The summed E-state index contributed by atoms with van der Waals surface area (Å²) in [5.74, 6) is 0. The third-order valence-electron chi connectivity index (χ3n) is 16.4. The first-order chi connectivity index (χ1) is 39.2. The number of thiophene rings is 1. The van der Waals surface area contributed by atoms with Crippen molar-refractivity contribution in [2.75, 3.05) is 4.90 Å². The fourth-order valence-electron chi connectivity index (χ4n) is 12.6. The normalized spacial score (nSPS) is 11.8. The maximum absolute atomic E-state index is 2.48. The first kappa shape index (κ1) is 45.2. The molecule has 0 saturated carbocycles. The molecule has 0 aliphatic rings. The highest BCUT2D eigenvalue weighted by atomic mass is 32.1. The van der Waals surface area contributed by atoms with Crippen molar-refractivity contribution in [1.82, 2.24) is 4.57 Å². The summed E-state index contributed by atoms with van der Waals surface area (Å²) in [6, 6.07) is 108. The van der Waals surface area contributed by atoms with E-state index in [0.29, 0.717) is 0 Å². The van der Waals surface area contributed by atoms with Gasteiger partial charge in [-0.1, -0.05) is 218 Å². The third-order valence-corrected chi connectivity index (χ3v) is 17.6. The quantitative estimate of drug-likeness (QED) is 0.138. The first-order valence-electron chi connectivity index (χ1n) is 27.1. The highest BCUT2D eigenvalue weighted by molar-refractivity contribution is 7.26. The molecule has 0 amide bonds. The molecule has 0 saturated heterocycles. The van der Waals surface area contributed by atoms with Gasteiger partial charge in [0.25, 0.3) is 0 Å². The minimum atomic E-state index is 1.10. The summed E-state index contributed by atoms with van der Waals surface area (Å²) in [6.45, 7) is 0. The van der Waals surface area contributed by atoms with Crippen LogP contribution in [0.1, 0.15) is 0 Å². The lowest BCUT2D eigenvalue weighted by Gasteiger charge is -2.26. The molecule has 0 spiro atoms. The third kappa shape index (κ3) is 7.46. The smallest absolute Gasteiger partial charge is 0.0640 e. The fourth-order valence-corrected chi connectivity index (χ4v) is 13.8. The Balaban J connectivity index is 0.841. The second-order valence-corrected chi connectivity index (χ2v) is 21.8. The Kier molecular flexibility index (Phi) is 10.5. The second kappa shape index (κ2) is 18.3. The van der Waals surface area contributed by atoms with E-state index < -0.39 is 0 Å². The number of nitrogens with zero attached hydrogens (tertiary/aromatic N) is 2. The molecule has 16 rings (SSSR count). The van der Waals surface area contributed by atoms with Crippen LogP contribution in [0, 0.1) is 0 Å². The Bertz CT molecular complexity index is 5010. The number of hydrogen-bond donors (Lipinski definition) is 0. The van der Waals surface area contributed by atoms with Gasteiger partial charge < -0.3 is 9.47 Å². The number of fused-ring (bicyclic) bond motifs is 13. The molecule has 2 aromatic heterocycles. The van der Waals surface area contributed by atoms with Gasteiger partial charge in [0.15, 0.2) is 0 Å². The standard InChI is InChI=1S/C76H48N2S/c1-2-14-49(15-3-1)50-32-38-57(39-33-50)77(74-26-13-25-68-67-23-10-11-27-75(67)79-76(68)74)58-40-34-52(35-41-58)56-37-45-73-71(47-56)70-46-55(51-28-30-54(31-29-51)61-24-12-17-53-16-4-5-18-60(53)61)36-44-72(70)78(73)59-42-43-66-64-21-7-6-19-62(64)63-20-8-9-22-65(63)69(66)48-59/h1-48H. The van der Waals surface area contributed by atoms with Crippen molar-refractivity contribution < 1.29 is 0 Å². The molecule has 3 heteroatoms. The number of benzene rings is 14. The van der Waals surface area contributed by atoms with Crippen molar-refractivity contribution in [3.8, 4) is 50.2 Å². The van der Waals surface area contributed by atoms with Crippen LogP contribution in [0.2, 0.25) is 0 Å². The largest absolute Gasteiger partial charge is 0.309 e. The van der Waals surface area contributed by atoms with E-state index in [0.717, 1.165) is 22.6 Å².